The van der Waals surface area contributed by atoms with Gasteiger partial charge in [0.05, 0.1) is 0 Å². The van der Waals surface area contributed by atoms with Gasteiger partial charge in [0.25, 0.3) is 0 Å². The minimum Gasteiger partial charge on any atom is -0.453 e. The Hall–Kier alpha value is -4.30. The summed E-state index contributed by atoms with van der Waals surface area (Å²) in [7, 11) is 0. The van der Waals surface area contributed by atoms with Crippen LogP contribution in [0.2, 0.25) is 0 Å². The smallest absolute Gasteiger partial charge is 0.170 e. The number of benzene rings is 6. The van der Waals surface area contributed by atoms with Crippen molar-refractivity contribution in [3.05, 3.63) is 120 Å². The van der Waals surface area contributed by atoms with Crippen LogP contribution in [0.5, 0.6) is 23.0 Å². The molecule has 164 valence electrons. The average molecular weight is 441 g/mol. The summed E-state index contributed by atoms with van der Waals surface area (Å²) in [6, 6.07) is 37.2. The molecule has 0 unspecified atom stereocenters. The Balaban J connectivity index is 1.68. The van der Waals surface area contributed by atoms with Crippen molar-refractivity contribution in [1.82, 2.24) is 0 Å². The summed E-state index contributed by atoms with van der Waals surface area (Å²) in [5.41, 5.74) is 2.57. The lowest BCUT2D eigenvalue weighted by Gasteiger charge is -2.17. The highest BCUT2D eigenvalue weighted by molar-refractivity contribution is 6.26. The van der Waals surface area contributed by atoms with Gasteiger partial charge in [0.2, 0.25) is 0 Å². The van der Waals surface area contributed by atoms with Crippen LogP contribution < -0.4 is 9.47 Å². The molecule has 0 spiro atoms. The van der Waals surface area contributed by atoms with Crippen molar-refractivity contribution in [3.63, 3.8) is 0 Å². The highest BCUT2D eigenvalue weighted by atomic mass is 16.5. The third-order valence-corrected chi connectivity index (χ3v) is 6.46. The summed E-state index contributed by atoms with van der Waals surface area (Å²) in [5, 5.41) is 7.24. The van der Waals surface area contributed by atoms with Gasteiger partial charge in [0.1, 0.15) is 11.5 Å². The Kier molecular flexibility index (Phi) is 4.92. The van der Waals surface area contributed by atoms with E-state index in [0.29, 0.717) is 11.5 Å². The van der Waals surface area contributed by atoms with E-state index in [1.54, 1.807) is 0 Å². The molecule has 0 aromatic heterocycles. The van der Waals surface area contributed by atoms with Gasteiger partial charge in [0, 0.05) is 0 Å². The van der Waals surface area contributed by atoms with Crippen molar-refractivity contribution in [3.8, 4) is 23.0 Å². The van der Waals surface area contributed by atoms with Crippen LogP contribution >= 0.6 is 0 Å². The zero-order valence-electron chi connectivity index (χ0n) is 19.2. The topological polar surface area (TPSA) is 18.5 Å². The molecule has 0 saturated carbocycles. The van der Waals surface area contributed by atoms with E-state index in [0.717, 1.165) is 22.3 Å². The molecular weight excluding hydrogens is 416 g/mol. The van der Waals surface area contributed by atoms with Crippen molar-refractivity contribution in [2.24, 2.45) is 0 Å². The summed E-state index contributed by atoms with van der Waals surface area (Å²) >= 11 is 0. The molecule has 6 aromatic carbocycles. The molecule has 0 bridgehead atoms. The monoisotopic (exact) mass is 440 g/mol. The van der Waals surface area contributed by atoms with Crippen LogP contribution in [0.15, 0.2) is 109 Å². The van der Waals surface area contributed by atoms with Crippen molar-refractivity contribution in [1.29, 1.82) is 0 Å². The Bertz CT molecular complexity index is 1650. The first-order valence-electron chi connectivity index (χ1n) is 11.5. The van der Waals surface area contributed by atoms with Crippen LogP contribution in [-0.4, -0.2) is 0 Å². The summed E-state index contributed by atoms with van der Waals surface area (Å²) in [6.07, 6.45) is 0. The van der Waals surface area contributed by atoms with E-state index in [1.165, 1.54) is 32.7 Å². The molecule has 0 aliphatic heterocycles. The maximum Gasteiger partial charge on any atom is 0.170 e. The molecule has 0 heterocycles. The molecule has 2 heteroatoms. The molecule has 0 aliphatic rings. The number of hydrogen-bond acceptors (Lipinski definition) is 2. The number of ether oxygens (including phenoxy) is 2. The second kappa shape index (κ2) is 8.24. The highest BCUT2D eigenvalue weighted by Gasteiger charge is 2.16. The van der Waals surface area contributed by atoms with Gasteiger partial charge in [-0.25, -0.2) is 0 Å². The minimum atomic E-state index is 0.691. The maximum atomic E-state index is 6.38. The van der Waals surface area contributed by atoms with Crippen LogP contribution in [0.1, 0.15) is 11.1 Å². The summed E-state index contributed by atoms with van der Waals surface area (Å²) in [4.78, 5) is 0. The molecule has 0 atom stereocenters. The predicted molar refractivity (Wildman–Crippen MR) is 141 cm³/mol. The number of para-hydroxylation sites is 2. The third kappa shape index (κ3) is 3.54. The molecule has 0 radical (unpaired) electrons. The van der Waals surface area contributed by atoms with Gasteiger partial charge in [-0.05, 0) is 93.7 Å². The second-order valence-corrected chi connectivity index (χ2v) is 8.70. The average Bonchev–Trinajstić information content (AvgIpc) is 2.87. The van der Waals surface area contributed by atoms with E-state index in [2.05, 4.69) is 62.4 Å². The van der Waals surface area contributed by atoms with Crippen molar-refractivity contribution >= 4 is 32.3 Å². The Labute approximate surface area is 199 Å². The van der Waals surface area contributed by atoms with E-state index in [-0.39, 0.29) is 0 Å². The molecule has 6 rings (SSSR count). The fourth-order valence-corrected chi connectivity index (χ4v) is 4.61. The van der Waals surface area contributed by atoms with Crippen LogP contribution in [0, 0.1) is 13.8 Å². The summed E-state index contributed by atoms with van der Waals surface area (Å²) < 4.78 is 12.7. The number of hydrogen-bond donors (Lipinski definition) is 0. The largest absolute Gasteiger partial charge is 0.453 e. The Morgan fingerprint density at radius 3 is 1.21 bits per heavy atom. The lowest BCUT2D eigenvalue weighted by atomic mass is 9.91. The van der Waals surface area contributed by atoms with E-state index >= 15 is 0 Å². The van der Waals surface area contributed by atoms with Crippen molar-refractivity contribution in [2.75, 3.05) is 0 Å². The minimum absolute atomic E-state index is 0.691. The highest BCUT2D eigenvalue weighted by Crippen LogP contribution is 2.44. The number of rotatable bonds is 4. The fourth-order valence-electron chi connectivity index (χ4n) is 4.61. The van der Waals surface area contributed by atoms with Crippen LogP contribution in [0.25, 0.3) is 32.3 Å². The lowest BCUT2D eigenvalue weighted by Crippen LogP contribution is -1.93. The summed E-state index contributed by atoms with van der Waals surface area (Å²) in [5.74, 6) is 2.93. The zero-order valence-corrected chi connectivity index (χ0v) is 19.2. The standard InChI is InChI=1S/C32H24O2/c1-21-17-27-25-15-9-10-16-26(25)29-19-31(33-23-11-5-3-6-12-23)32(34-24-13-7-4-8-14-24)20-30(29)28(27)18-22(21)2/h3-20H,1-2H3. The first-order chi connectivity index (χ1) is 16.7. The van der Waals surface area contributed by atoms with E-state index in [4.69, 9.17) is 9.47 Å². The molecule has 0 saturated heterocycles. The van der Waals surface area contributed by atoms with E-state index < -0.39 is 0 Å². The first-order valence-corrected chi connectivity index (χ1v) is 11.5. The molecule has 0 aliphatic carbocycles. The van der Waals surface area contributed by atoms with Gasteiger partial charge in [-0.15, -0.1) is 0 Å². The second-order valence-electron chi connectivity index (χ2n) is 8.70. The van der Waals surface area contributed by atoms with Crippen LogP contribution in [0.4, 0.5) is 0 Å². The van der Waals surface area contributed by atoms with Crippen LogP contribution in [0.3, 0.4) is 0 Å². The molecule has 0 amide bonds. The fraction of sp³-hybridized carbons (Fsp3) is 0.0625. The van der Waals surface area contributed by atoms with Gasteiger partial charge in [-0.2, -0.15) is 0 Å². The predicted octanol–water partition coefficient (Wildman–Crippen LogP) is 9.35. The normalized spacial score (nSPS) is 11.2. The van der Waals surface area contributed by atoms with Crippen molar-refractivity contribution in [2.45, 2.75) is 13.8 Å². The van der Waals surface area contributed by atoms with Gasteiger partial charge in [-0.1, -0.05) is 72.8 Å². The van der Waals surface area contributed by atoms with E-state index in [1.807, 2.05) is 60.7 Å². The summed E-state index contributed by atoms with van der Waals surface area (Å²) in [6.45, 7) is 4.35. The first kappa shape index (κ1) is 20.3. The van der Waals surface area contributed by atoms with Gasteiger partial charge >= 0.3 is 0 Å². The molecule has 0 N–H and O–H groups in total. The van der Waals surface area contributed by atoms with Crippen LogP contribution in [-0.2, 0) is 0 Å². The molecular formula is C32H24O2. The van der Waals surface area contributed by atoms with Gasteiger partial charge in [-0.3, -0.25) is 0 Å². The Morgan fingerprint density at radius 2 is 0.735 bits per heavy atom. The van der Waals surface area contributed by atoms with Gasteiger partial charge < -0.3 is 9.47 Å². The molecule has 34 heavy (non-hydrogen) atoms. The van der Waals surface area contributed by atoms with E-state index in [9.17, 15) is 0 Å². The van der Waals surface area contributed by atoms with Crippen molar-refractivity contribution < 1.29 is 9.47 Å². The zero-order chi connectivity index (χ0) is 23.1. The lowest BCUT2D eigenvalue weighted by molar-refractivity contribution is 0.420. The maximum absolute atomic E-state index is 6.38. The molecule has 0 fully saturated rings. The SMILES string of the molecule is Cc1cc2c3ccccc3c3cc(Oc4ccccc4)c(Oc4ccccc4)cc3c2cc1C. The molecule has 2 nitrogen and oxygen atoms in total. The Morgan fingerprint density at radius 1 is 0.382 bits per heavy atom. The number of fused-ring (bicyclic) bond motifs is 6. The third-order valence-electron chi connectivity index (χ3n) is 6.46. The number of aryl methyl sites for hydroxylation is 2. The quantitative estimate of drug-likeness (QED) is 0.254. The molecule has 6 aromatic rings. The van der Waals surface area contributed by atoms with Gasteiger partial charge in [0.15, 0.2) is 11.5 Å².